The number of rotatable bonds is 4. The fourth-order valence-corrected chi connectivity index (χ4v) is 9.21. The molecule has 0 aliphatic rings. The van der Waals surface area contributed by atoms with E-state index in [1.165, 1.54) is 87.3 Å². The highest BCUT2D eigenvalue weighted by atomic mass is 15.1. The molecule has 9 aromatic carbocycles. The minimum Gasteiger partial charge on any atom is -0.309 e. The normalized spacial score (nSPS) is 11.9. The van der Waals surface area contributed by atoms with Crippen molar-refractivity contribution >= 4 is 75.9 Å². The molecule has 0 unspecified atom stereocenters. The van der Waals surface area contributed by atoms with Crippen LogP contribution in [0.4, 0.5) is 0 Å². The van der Waals surface area contributed by atoms with Crippen LogP contribution in [0.1, 0.15) is 0 Å². The Bertz CT molecular complexity index is 3500. The number of aromatic nitrogens is 3. The van der Waals surface area contributed by atoms with E-state index in [1.807, 2.05) is 6.20 Å². The van der Waals surface area contributed by atoms with Crippen LogP contribution in [0, 0.1) is 0 Å². The third kappa shape index (κ3) is 4.55. The molecule has 0 saturated heterocycles. The molecule has 3 heterocycles. The molecule has 0 radical (unpaired) electrons. The van der Waals surface area contributed by atoms with Crippen molar-refractivity contribution < 1.29 is 0 Å². The van der Waals surface area contributed by atoms with Gasteiger partial charge in [0.15, 0.2) is 0 Å². The van der Waals surface area contributed by atoms with E-state index in [4.69, 9.17) is 4.98 Å². The highest BCUT2D eigenvalue weighted by Gasteiger charge is 2.17. The summed E-state index contributed by atoms with van der Waals surface area (Å²) < 4.78 is 4.69. The minimum atomic E-state index is 0.903. The summed E-state index contributed by atoms with van der Waals surface area (Å²) in [5.41, 5.74) is 10.6. The third-order valence-corrected chi connectivity index (χ3v) is 11.7. The van der Waals surface area contributed by atoms with E-state index in [1.54, 1.807) is 0 Å². The highest BCUT2D eigenvalue weighted by Crippen LogP contribution is 2.40. The van der Waals surface area contributed by atoms with E-state index in [0.717, 1.165) is 22.4 Å². The molecule has 12 rings (SSSR count). The second-order valence-corrected chi connectivity index (χ2v) is 14.8. The summed E-state index contributed by atoms with van der Waals surface area (Å²) in [7, 11) is 0. The maximum absolute atomic E-state index is 4.99. The van der Waals surface area contributed by atoms with Gasteiger partial charge in [-0.3, -0.25) is 4.57 Å². The molecule has 12 aromatic rings. The molecule has 0 aliphatic heterocycles. The van der Waals surface area contributed by atoms with Gasteiger partial charge in [-0.15, -0.1) is 0 Å². The van der Waals surface area contributed by atoms with Crippen LogP contribution in [-0.4, -0.2) is 14.1 Å². The number of nitrogens with zero attached hydrogens (tertiary/aromatic N) is 3. The van der Waals surface area contributed by atoms with Crippen LogP contribution in [0.5, 0.6) is 0 Å². The molecule has 3 nitrogen and oxygen atoms in total. The van der Waals surface area contributed by atoms with E-state index in [0.29, 0.717) is 0 Å². The lowest BCUT2D eigenvalue weighted by Gasteiger charge is -2.13. The summed E-state index contributed by atoms with van der Waals surface area (Å²) in [4.78, 5) is 4.99. The summed E-state index contributed by atoms with van der Waals surface area (Å²) >= 11 is 0. The fourth-order valence-electron chi connectivity index (χ4n) is 9.21. The zero-order valence-electron chi connectivity index (χ0n) is 30.4. The smallest absolute Gasteiger partial charge is 0.138 e. The van der Waals surface area contributed by atoms with Crippen molar-refractivity contribution in [1.29, 1.82) is 0 Å². The molecular weight excluding hydrogens is 679 g/mol. The summed E-state index contributed by atoms with van der Waals surface area (Å²) in [6.07, 6.45) is 1.95. The van der Waals surface area contributed by atoms with Crippen molar-refractivity contribution in [2.75, 3.05) is 0 Å². The molecule has 3 aromatic heterocycles. The van der Waals surface area contributed by atoms with Gasteiger partial charge in [0.25, 0.3) is 0 Å². The molecule has 0 saturated carbocycles. The Morgan fingerprint density at radius 2 is 0.679 bits per heavy atom. The summed E-state index contributed by atoms with van der Waals surface area (Å²) in [6.45, 7) is 0. The Morgan fingerprint density at radius 1 is 0.268 bits per heavy atom. The standard InChI is InChI=1S/C53H33N3/c1-2-12-38(13-3-1)55-49-20-10-8-18-44(49)47-31-35(23-26-51(47)55)36-24-27-52-48(32-36)45-19-9-11-21-50(45)56(52)53-33-37(28-29-54-53)34-22-25-43-41-16-5-4-14-39(41)40-15-6-7-17-42(40)46(43)30-34/h1-33H. The van der Waals surface area contributed by atoms with Gasteiger partial charge in [0.1, 0.15) is 5.82 Å². The van der Waals surface area contributed by atoms with Gasteiger partial charge < -0.3 is 4.57 Å². The molecule has 0 bridgehead atoms. The molecular formula is C53H33N3. The zero-order chi connectivity index (χ0) is 36.7. The van der Waals surface area contributed by atoms with Gasteiger partial charge in [-0.25, -0.2) is 4.98 Å². The van der Waals surface area contributed by atoms with Crippen LogP contribution < -0.4 is 0 Å². The first-order chi connectivity index (χ1) is 27.8. The van der Waals surface area contributed by atoms with Crippen molar-refractivity contribution in [1.82, 2.24) is 14.1 Å². The molecule has 3 heteroatoms. The Morgan fingerprint density at radius 3 is 1.29 bits per heavy atom. The Hall–Kier alpha value is -7.49. The third-order valence-electron chi connectivity index (χ3n) is 11.7. The number of para-hydroxylation sites is 3. The Kier molecular flexibility index (Phi) is 6.63. The average molecular weight is 712 g/mol. The number of benzene rings is 9. The molecule has 260 valence electrons. The van der Waals surface area contributed by atoms with Crippen LogP contribution in [0.2, 0.25) is 0 Å². The topological polar surface area (TPSA) is 22.8 Å². The van der Waals surface area contributed by atoms with Gasteiger partial charge >= 0.3 is 0 Å². The van der Waals surface area contributed by atoms with Crippen molar-refractivity contribution in [3.05, 3.63) is 200 Å². The van der Waals surface area contributed by atoms with E-state index in [2.05, 4.69) is 203 Å². The van der Waals surface area contributed by atoms with Gasteiger partial charge in [-0.05, 0) is 121 Å². The van der Waals surface area contributed by atoms with Crippen LogP contribution >= 0.6 is 0 Å². The first-order valence-electron chi connectivity index (χ1n) is 19.2. The molecule has 0 N–H and O–H groups in total. The van der Waals surface area contributed by atoms with Gasteiger partial charge in [-0.1, -0.05) is 127 Å². The number of fused-ring (bicyclic) bond motifs is 12. The average Bonchev–Trinajstić information content (AvgIpc) is 3.79. The largest absolute Gasteiger partial charge is 0.309 e. The first kappa shape index (κ1) is 30.9. The second kappa shape index (κ2) is 12.0. The Balaban J connectivity index is 1.00. The predicted molar refractivity (Wildman–Crippen MR) is 236 cm³/mol. The lowest BCUT2D eigenvalue weighted by atomic mass is 9.92. The second-order valence-electron chi connectivity index (χ2n) is 14.8. The van der Waals surface area contributed by atoms with Gasteiger partial charge in [0, 0.05) is 33.4 Å². The monoisotopic (exact) mass is 711 g/mol. The van der Waals surface area contributed by atoms with Gasteiger partial charge in [-0.2, -0.15) is 0 Å². The van der Waals surface area contributed by atoms with Crippen LogP contribution in [-0.2, 0) is 0 Å². The highest BCUT2D eigenvalue weighted by molar-refractivity contribution is 6.25. The van der Waals surface area contributed by atoms with Crippen LogP contribution in [0.25, 0.3) is 110 Å². The van der Waals surface area contributed by atoms with E-state index in [9.17, 15) is 0 Å². The van der Waals surface area contributed by atoms with E-state index < -0.39 is 0 Å². The molecule has 0 atom stereocenters. The zero-order valence-corrected chi connectivity index (χ0v) is 30.4. The number of hydrogen-bond donors (Lipinski definition) is 0. The minimum absolute atomic E-state index is 0.903. The molecule has 0 amide bonds. The maximum Gasteiger partial charge on any atom is 0.138 e. The maximum atomic E-state index is 4.99. The molecule has 56 heavy (non-hydrogen) atoms. The van der Waals surface area contributed by atoms with Crippen molar-refractivity contribution in [2.45, 2.75) is 0 Å². The van der Waals surface area contributed by atoms with Gasteiger partial charge in [0.05, 0.1) is 22.1 Å². The molecule has 0 spiro atoms. The van der Waals surface area contributed by atoms with E-state index >= 15 is 0 Å². The lowest BCUT2D eigenvalue weighted by molar-refractivity contribution is 1.08. The number of hydrogen-bond acceptors (Lipinski definition) is 1. The SMILES string of the molecule is c1ccc(-n2c3ccccc3c3cc(-c4ccc5c(c4)c4ccccc4n5-c4cc(-c5ccc6c7ccccc7c7ccccc7c6c5)ccn4)ccc32)cc1. The quantitative estimate of drug-likeness (QED) is 0.167. The fraction of sp³-hybridized carbons (Fsp3) is 0. The van der Waals surface area contributed by atoms with E-state index in [-0.39, 0.29) is 0 Å². The van der Waals surface area contributed by atoms with Gasteiger partial charge in [0.2, 0.25) is 0 Å². The number of pyridine rings is 1. The lowest BCUT2D eigenvalue weighted by Crippen LogP contribution is -1.97. The molecule has 0 fully saturated rings. The summed E-state index contributed by atoms with van der Waals surface area (Å²) in [6, 6.07) is 70.6. The predicted octanol–water partition coefficient (Wildman–Crippen LogP) is 14.1. The van der Waals surface area contributed by atoms with Crippen molar-refractivity contribution in [3.8, 4) is 33.8 Å². The molecule has 0 aliphatic carbocycles. The van der Waals surface area contributed by atoms with Crippen LogP contribution in [0.3, 0.4) is 0 Å². The first-order valence-corrected chi connectivity index (χ1v) is 19.2. The van der Waals surface area contributed by atoms with Crippen molar-refractivity contribution in [2.24, 2.45) is 0 Å². The van der Waals surface area contributed by atoms with Crippen LogP contribution in [0.15, 0.2) is 200 Å². The van der Waals surface area contributed by atoms with Crippen molar-refractivity contribution in [3.63, 3.8) is 0 Å². The Labute approximate surface area is 322 Å². The summed E-state index contributed by atoms with van der Waals surface area (Å²) in [5, 5.41) is 12.6. The summed E-state index contributed by atoms with van der Waals surface area (Å²) in [5.74, 6) is 0.903.